The summed E-state index contributed by atoms with van der Waals surface area (Å²) in [5.74, 6) is 0.635. The molecule has 2 aromatic rings. The van der Waals surface area contributed by atoms with Gasteiger partial charge in [0.2, 0.25) is 0 Å². The molecule has 3 nitrogen and oxygen atoms in total. The molecule has 1 heterocycles. The molecule has 0 spiro atoms. The van der Waals surface area contributed by atoms with Gasteiger partial charge in [0.05, 0.1) is 0 Å². The van der Waals surface area contributed by atoms with Gasteiger partial charge < -0.3 is 5.32 Å². The number of benzene rings is 1. The number of aromatic nitrogens is 2. The van der Waals surface area contributed by atoms with Gasteiger partial charge in [-0.1, -0.05) is 0 Å². The number of halogens is 1. The highest BCUT2D eigenvalue weighted by Crippen LogP contribution is 2.24. The van der Waals surface area contributed by atoms with Crippen LogP contribution >= 0.6 is 11.8 Å². The SMILES string of the molecule is CNC(CSc1ccc(F)cc1)c1cncnc1. The summed E-state index contributed by atoms with van der Waals surface area (Å²) in [6, 6.07) is 6.70. The molecule has 94 valence electrons. The Kier molecular flexibility index (Phi) is 4.66. The van der Waals surface area contributed by atoms with Crippen molar-refractivity contribution in [3.8, 4) is 0 Å². The largest absolute Gasteiger partial charge is 0.312 e. The summed E-state index contributed by atoms with van der Waals surface area (Å²) in [6.07, 6.45) is 5.13. The maximum atomic E-state index is 12.8. The molecular formula is C13H14FN3S. The number of nitrogens with zero attached hydrogens (tertiary/aromatic N) is 2. The van der Waals surface area contributed by atoms with Crippen molar-refractivity contribution in [2.75, 3.05) is 12.8 Å². The fourth-order valence-electron chi connectivity index (χ4n) is 1.55. The van der Waals surface area contributed by atoms with Crippen molar-refractivity contribution in [3.63, 3.8) is 0 Å². The average Bonchev–Trinajstić information content (AvgIpc) is 2.43. The minimum atomic E-state index is -0.207. The number of hydrogen-bond donors (Lipinski definition) is 1. The molecule has 0 radical (unpaired) electrons. The van der Waals surface area contributed by atoms with E-state index in [-0.39, 0.29) is 11.9 Å². The van der Waals surface area contributed by atoms with Gasteiger partial charge in [0.15, 0.2) is 0 Å². The first-order chi connectivity index (χ1) is 8.79. The predicted molar refractivity (Wildman–Crippen MR) is 71.0 cm³/mol. The van der Waals surface area contributed by atoms with E-state index >= 15 is 0 Å². The number of nitrogens with one attached hydrogen (secondary N) is 1. The molecule has 0 fully saturated rings. The Bertz CT molecular complexity index is 475. The number of thioether (sulfide) groups is 1. The van der Waals surface area contributed by atoms with E-state index in [4.69, 9.17) is 0 Å². The van der Waals surface area contributed by atoms with E-state index in [1.165, 1.54) is 18.5 Å². The van der Waals surface area contributed by atoms with Crippen LogP contribution in [-0.2, 0) is 0 Å². The van der Waals surface area contributed by atoms with Crippen molar-refractivity contribution < 1.29 is 4.39 Å². The maximum absolute atomic E-state index is 12.8. The monoisotopic (exact) mass is 263 g/mol. The number of hydrogen-bond acceptors (Lipinski definition) is 4. The lowest BCUT2D eigenvalue weighted by Crippen LogP contribution is -2.19. The molecule has 0 saturated carbocycles. The van der Waals surface area contributed by atoms with Gasteiger partial charge in [-0.05, 0) is 31.3 Å². The molecule has 1 N–H and O–H groups in total. The molecule has 0 amide bonds. The van der Waals surface area contributed by atoms with Crippen molar-refractivity contribution in [1.82, 2.24) is 15.3 Å². The Labute approximate surface area is 110 Å². The fourth-order valence-corrected chi connectivity index (χ4v) is 2.59. The normalized spacial score (nSPS) is 12.3. The summed E-state index contributed by atoms with van der Waals surface area (Å²) >= 11 is 1.67. The Hall–Kier alpha value is -1.46. The van der Waals surface area contributed by atoms with Crippen molar-refractivity contribution in [3.05, 3.63) is 54.4 Å². The average molecular weight is 263 g/mol. The highest BCUT2D eigenvalue weighted by Gasteiger charge is 2.10. The van der Waals surface area contributed by atoms with Gasteiger partial charge in [0.25, 0.3) is 0 Å². The molecule has 0 saturated heterocycles. The Balaban J connectivity index is 1.97. The van der Waals surface area contributed by atoms with E-state index in [1.54, 1.807) is 36.3 Å². The van der Waals surface area contributed by atoms with Crippen LogP contribution in [0.1, 0.15) is 11.6 Å². The summed E-state index contributed by atoms with van der Waals surface area (Å²) in [5.41, 5.74) is 1.05. The summed E-state index contributed by atoms with van der Waals surface area (Å²) < 4.78 is 12.8. The van der Waals surface area contributed by atoms with Crippen molar-refractivity contribution in [2.24, 2.45) is 0 Å². The van der Waals surface area contributed by atoms with Gasteiger partial charge >= 0.3 is 0 Å². The van der Waals surface area contributed by atoms with Crippen molar-refractivity contribution in [1.29, 1.82) is 0 Å². The van der Waals surface area contributed by atoms with Crippen molar-refractivity contribution >= 4 is 11.8 Å². The summed E-state index contributed by atoms with van der Waals surface area (Å²) in [4.78, 5) is 9.07. The fraction of sp³-hybridized carbons (Fsp3) is 0.231. The third-order valence-electron chi connectivity index (χ3n) is 2.56. The molecule has 0 aliphatic carbocycles. The van der Waals surface area contributed by atoms with Gasteiger partial charge in [-0.2, -0.15) is 0 Å². The Morgan fingerprint density at radius 3 is 2.50 bits per heavy atom. The molecule has 0 aliphatic heterocycles. The standard InChI is InChI=1S/C13H14FN3S/c1-15-13(10-6-16-9-17-7-10)8-18-12-4-2-11(14)3-5-12/h2-7,9,13,15H,8H2,1H3. The summed E-state index contributed by atoms with van der Waals surface area (Å²) in [6.45, 7) is 0. The molecule has 1 atom stereocenters. The predicted octanol–water partition coefficient (Wildman–Crippen LogP) is 2.67. The van der Waals surface area contributed by atoms with E-state index < -0.39 is 0 Å². The first kappa shape index (κ1) is 13.0. The zero-order valence-electron chi connectivity index (χ0n) is 10.0. The van der Waals surface area contributed by atoms with Gasteiger partial charge in [0, 0.05) is 34.6 Å². The molecule has 18 heavy (non-hydrogen) atoms. The van der Waals surface area contributed by atoms with Gasteiger partial charge in [-0.25, -0.2) is 14.4 Å². The topological polar surface area (TPSA) is 37.8 Å². The Morgan fingerprint density at radius 2 is 1.89 bits per heavy atom. The van der Waals surface area contributed by atoms with Gasteiger partial charge in [0.1, 0.15) is 12.1 Å². The highest BCUT2D eigenvalue weighted by atomic mass is 32.2. The molecule has 5 heteroatoms. The van der Waals surface area contributed by atoms with Crippen LogP contribution in [0.4, 0.5) is 4.39 Å². The zero-order chi connectivity index (χ0) is 12.8. The van der Waals surface area contributed by atoms with E-state index in [1.807, 2.05) is 7.05 Å². The second-order valence-electron chi connectivity index (χ2n) is 3.78. The second-order valence-corrected chi connectivity index (χ2v) is 4.87. The van der Waals surface area contributed by atoms with Crippen LogP contribution in [0.25, 0.3) is 0 Å². The molecule has 1 aromatic carbocycles. The van der Waals surface area contributed by atoms with Crippen LogP contribution in [0.5, 0.6) is 0 Å². The molecule has 1 aromatic heterocycles. The first-order valence-electron chi connectivity index (χ1n) is 5.60. The van der Waals surface area contributed by atoms with E-state index in [2.05, 4.69) is 15.3 Å². The molecule has 2 rings (SSSR count). The summed E-state index contributed by atoms with van der Waals surface area (Å²) in [5, 5.41) is 3.23. The van der Waals surface area contributed by atoms with Crippen LogP contribution in [0, 0.1) is 5.82 Å². The zero-order valence-corrected chi connectivity index (χ0v) is 10.8. The van der Waals surface area contributed by atoms with Gasteiger partial charge in [-0.15, -0.1) is 11.8 Å². The lowest BCUT2D eigenvalue weighted by atomic mass is 10.2. The molecular weight excluding hydrogens is 249 g/mol. The summed E-state index contributed by atoms with van der Waals surface area (Å²) in [7, 11) is 1.91. The lowest BCUT2D eigenvalue weighted by molar-refractivity contribution is 0.626. The van der Waals surface area contributed by atoms with Crippen molar-refractivity contribution in [2.45, 2.75) is 10.9 Å². The molecule has 0 bridgehead atoms. The minimum Gasteiger partial charge on any atom is -0.312 e. The first-order valence-corrected chi connectivity index (χ1v) is 6.58. The Morgan fingerprint density at radius 1 is 1.22 bits per heavy atom. The molecule has 0 aliphatic rings. The lowest BCUT2D eigenvalue weighted by Gasteiger charge is -2.15. The van der Waals surface area contributed by atoms with E-state index in [0.29, 0.717) is 0 Å². The minimum absolute atomic E-state index is 0.182. The third-order valence-corrected chi connectivity index (χ3v) is 3.67. The maximum Gasteiger partial charge on any atom is 0.123 e. The van der Waals surface area contributed by atoms with E-state index in [9.17, 15) is 4.39 Å². The van der Waals surface area contributed by atoms with Gasteiger partial charge in [-0.3, -0.25) is 0 Å². The molecule has 1 unspecified atom stereocenters. The highest BCUT2D eigenvalue weighted by molar-refractivity contribution is 7.99. The second kappa shape index (κ2) is 6.47. The number of rotatable bonds is 5. The van der Waals surface area contributed by atoms with Crippen LogP contribution in [-0.4, -0.2) is 22.8 Å². The van der Waals surface area contributed by atoms with Crippen LogP contribution in [0.15, 0.2) is 47.9 Å². The smallest absolute Gasteiger partial charge is 0.123 e. The quantitative estimate of drug-likeness (QED) is 0.842. The third kappa shape index (κ3) is 3.51. The van der Waals surface area contributed by atoms with E-state index in [0.717, 1.165) is 16.2 Å². The van der Waals surface area contributed by atoms with Crippen LogP contribution in [0.3, 0.4) is 0 Å². The van der Waals surface area contributed by atoms with Crippen LogP contribution < -0.4 is 5.32 Å². The van der Waals surface area contributed by atoms with Crippen LogP contribution in [0.2, 0.25) is 0 Å².